The van der Waals surface area contributed by atoms with Gasteiger partial charge in [0, 0.05) is 31.0 Å². The summed E-state index contributed by atoms with van der Waals surface area (Å²) in [6, 6.07) is 16.5. The van der Waals surface area contributed by atoms with E-state index in [1.807, 2.05) is 51.1 Å². The first-order chi connectivity index (χ1) is 14.9. The summed E-state index contributed by atoms with van der Waals surface area (Å²) in [5.74, 6) is -0.184. The van der Waals surface area contributed by atoms with Crippen LogP contribution in [0.3, 0.4) is 0 Å². The SMILES string of the molecule is CCN(CC)S(=O)(=O)c1ccc2c(c1)CCN2C(=O)c1cc(C)n(-c2ccccc2)n1. The fraction of sp³-hybridized carbons (Fsp3) is 0.304. The minimum Gasteiger partial charge on any atom is -0.306 e. The van der Waals surface area contributed by atoms with Crippen LogP contribution in [0.1, 0.15) is 35.6 Å². The van der Waals surface area contributed by atoms with Crippen molar-refractivity contribution in [1.82, 2.24) is 14.1 Å². The van der Waals surface area contributed by atoms with E-state index < -0.39 is 10.0 Å². The number of para-hydroxylation sites is 1. The molecule has 1 aliphatic heterocycles. The Kier molecular flexibility index (Phi) is 5.68. The summed E-state index contributed by atoms with van der Waals surface area (Å²) in [5.41, 5.74) is 3.74. The number of nitrogens with zero attached hydrogens (tertiary/aromatic N) is 4. The average molecular weight is 439 g/mol. The van der Waals surface area contributed by atoms with Gasteiger partial charge in [0.25, 0.3) is 5.91 Å². The molecule has 0 bridgehead atoms. The van der Waals surface area contributed by atoms with Crippen molar-refractivity contribution >= 4 is 21.6 Å². The molecule has 8 heteroatoms. The molecular formula is C23H26N4O3S. The number of amides is 1. The van der Waals surface area contributed by atoms with Crippen LogP contribution in [0.4, 0.5) is 5.69 Å². The molecule has 0 N–H and O–H groups in total. The van der Waals surface area contributed by atoms with Gasteiger partial charge in [-0.2, -0.15) is 9.40 Å². The zero-order valence-corrected chi connectivity index (χ0v) is 18.8. The number of hydrogen-bond donors (Lipinski definition) is 0. The molecule has 0 saturated carbocycles. The van der Waals surface area contributed by atoms with Gasteiger partial charge in [0.1, 0.15) is 0 Å². The molecule has 3 aromatic rings. The highest BCUT2D eigenvalue weighted by Crippen LogP contribution is 2.32. The van der Waals surface area contributed by atoms with Crippen LogP contribution in [0.5, 0.6) is 0 Å². The van der Waals surface area contributed by atoms with Crippen LogP contribution in [0.15, 0.2) is 59.5 Å². The maximum atomic E-state index is 13.2. The number of carbonyl (C=O) groups is 1. The van der Waals surface area contributed by atoms with Gasteiger partial charge in [0.15, 0.2) is 5.69 Å². The molecule has 0 fully saturated rings. The van der Waals surface area contributed by atoms with E-state index in [1.165, 1.54) is 4.31 Å². The number of carbonyl (C=O) groups excluding carboxylic acids is 1. The van der Waals surface area contributed by atoms with Gasteiger partial charge < -0.3 is 4.90 Å². The van der Waals surface area contributed by atoms with Crippen LogP contribution in [0.25, 0.3) is 5.69 Å². The lowest BCUT2D eigenvalue weighted by Gasteiger charge is -2.20. The Hall–Kier alpha value is -2.97. The molecule has 0 atom stereocenters. The van der Waals surface area contributed by atoms with Gasteiger partial charge in [0.05, 0.1) is 10.6 Å². The van der Waals surface area contributed by atoms with Gasteiger partial charge in [-0.25, -0.2) is 13.1 Å². The van der Waals surface area contributed by atoms with Crippen LogP contribution in [-0.4, -0.2) is 48.0 Å². The average Bonchev–Trinajstić information content (AvgIpc) is 3.37. The monoisotopic (exact) mass is 438 g/mol. The van der Waals surface area contributed by atoms with E-state index in [9.17, 15) is 13.2 Å². The third kappa shape index (κ3) is 3.77. The molecule has 0 saturated heterocycles. The van der Waals surface area contributed by atoms with Crippen LogP contribution in [0, 0.1) is 6.92 Å². The first-order valence-corrected chi connectivity index (χ1v) is 11.9. The summed E-state index contributed by atoms with van der Waals surface area (Å²) < 4.78 is 28.9. The van der Waals surface area contributed by atoms with Gasteiger partial charge in [-0.15, -0.1) is 0 Å². The van der Waals surface area contributed by atoms with Crippen molar-refractivity contribution in [3.05, 3.63) is 71.5 Å². The number of fused-ring (bicyclic) bond motifs is 1. The Morgan fingerprint density at radius 1 is 1.06 bits per heavy atom. The number of benzene rings is 2. The van der Waals surface area contributed by atoms with Crippen LogP contribution >= 0.6 is 0 Å². The smallest absolute Gasteiger partial charge is 0.278 e. The lowest BCUT2D eigenvalue weighted by atomic mass is 10.2. The number of aryl methyl sites for hydroxylation is 1. The molecule has 4 rings (SSSR count). The molecule has 1 amide bonds. The molecule has 0 aliphatic carbocycles. The van der Waals surface area contributed by atoms with E-state index >= 15 is 0 Å². The van der Waals surface area contributed by atoms with E-state index in [2.05, 4.69) is 5.10 Å². The Morgan fingerprint density at radius 2 is 1.77 bits per heavy atom. The highest BCUT2D eigenvalue weighted by molar-refractivity contribution is 7.89. The van der Waals surface area contributed by atoms with E-state index in [1.54, 1.807) is 33.8 Å². The maximum absolute atomic E-state index is 13.2. The zero-order valence-electron chi connectivity index (χ0n) is 17.9. The van der Waals surface area contributed by atoms with Gasteiger partial charge in [-0.3, -0.25) is 4.79 Å². The van der Waals surface area contributed by atoms with Crippen LogP contribution in [-0.2, 0) is 16.4 Å². The van der Waals surface area contributed by atoms with E-state index in [-0.39, 0.29) is 10.8 Å². The predicted octanol–water partition coefficient (Wildman–Crippen LogP) is 3.41. The van der Waals surface area contributed by atoms with Crippen molar-refractivity contribution in [1.29, 1.82) is 0 Å². The minimum absolute atomic E-state index is 0.184. The molecule has 0 spiro atoms. The van der Waals surface area contributed by atoms with Crippen molar-refractivity contribution in [3.63, 3.8) is 0 Å². The molecule has 0 unspecified atom stereocenters. The number of hydrogen-bond acceptors (Lipinski definition) is 4. The van der Waals surface area contributed by atoms with E-state index in [4.69, 9.17) is 0 Å². The number of sulfonamides is 1. The zero-order chi connectivity index (χ0) is 22.2. The second kappa shape index (κ2) is 8.28. The lowest BCUT2D eigenvalue weighted by Crippen LogP contribution is -2.31. The van der Waals surface area contributed by atoms with Crippen LogP contribution in [0.2, 0.25) is 0 Å². The largest absolute Gasteiger partial charge is 0.306 e. The second-order valence-corrected chi connectivity index (χ2v) is 9.44. The Balaban J connectivity index is 1.63. The molecule has 31 heavy (non-hydrogen) atoms. The Labute approximate surface area is 183 Å². The molecular weight excluding hydrogens is 412 g/mol. The second-order valence-electron chi connectivity index (χ2n) is 7.50. The molecule has 0 radical (unpaired) electrons. The standard InChI is InChI=1S/C23H26N4O3S/c1-4-25(5-2)31(29,30)20-11-12-22-18(16-20)13-14-26(22)23(28)21-15-17(3)27(24-21)19-9-7-6-8-10-19/h6-12,15-16H,4-5,13-14H2,1-3H3. The highest BCUT2D eigenvalue weighted by atomic mass is 32.2. The molecule has 162 valence electrons. The summed E-state index contributed by atoms with van der Waals surface area (Å²) in [4.78, 5) is 15.2. The predicted molar refractivity (Wildman–Crippen MR) is 120 cm³/mol. The first-order valence-electron chi connectivity index (χ1n) is 10.4. The van der Waals surface area contributed by atoms with E-state index in [0.29, 0.717) is 31.7 Å². The summed E-state index contributed by atoms with van der Waals surface area (Å²) in [6.45, 7) is 6.91. The summed E-state index contributed by atoms with van der Waals surface area (Å²) in [7, 11) is -3.53. The summed E-state index contributed by atoms with van der Waals surface area (Å²) in [6.07, 6.45) is 0.612. The fourth-order valence-electron chi connectivity index (χ4n) is 4.01. The quantitative estimate of drug-likeness (QED) is 0.591. The van der Waals surface area contributed by atoms with Crippen molar-refractivity contribution < 1.29 is 13.2 Å². The lowest BCUT2D eigenvalue weighted by molar-refractivity contribution is 0.0984. The van der Waals surface area contributed by atoms with Gasteiger partial charge in [-0.05, 0) is 55.3 Å². The minimum atomic E-state index is -3.53. The van der Waals surface area contributed by atoms with Gasteiger partial charge in [0.2, 0.25) is 10.0 Å². The number of rotatable bonds is 6. The van der Waals surface area contributed by atoms with Crippen LogP contribution < -0.4 is 4.90 Å². The van der Waals surface area contributed by atoms with Crippen molar-refractivity contribution in [3.8, 4) is 5.69 Å². The van der Waals surface area contributed by atoms with Gasteiger partial charge in [-0.1, -0.05) is 32.0 Å². The normalized spacial score (nSPS) is 13.6. The molecule has 2 aromatic carbocycles. The number of anilines is 1. The Bertz CT molecular complexity index is 1210. The topological polar surface area (TPSA) is 75.5 Å². The van der Waals surface area contributed by atoms with Crippen molar-refractivity contribution in [2.24, 2.45) is 0 Å². The van der Waals surface area contributed by atoms with E-state index in [0.717, 1.165) is 22.6 Å². The molecule has 1 aliphatic rings. The molecule has 2 heterocycles. The highest BCUT2D eigenvalue weighted by Gasteiger charge is 2.30. The third-order valence-corrected chi connectivity index (χ3v) is 7.69. The maximum Gasteiger partial charge on any atom is 0.278 e. The fourth-order valence-corrected chi connectivity index (χ4v) is 5.52. The van der Waals surface area contributed by atoms with Gasteiger partial charge >= 0.3 is 0 Å². The summed E-state index contributed by atoms with van der Waals surface area (Å²) >= 11 is 0. The Morgan fingerprint density at radius 3 is 2.45 bits per heavy atom. The number of aromatic nitrogens is 2. The van der Waals surface area contributed by atoms with Crippen molar-refractivity contribution in [2.75, 3.05) is 24.5 Å². The molecule has 1 aromatic heterocycles. The molecule has 7 nitrogen and oxygen atoms in total. The third-order valence-electron chi connectivity index (χ3n) is 5.64. The summed E-state index contributed by atoms with van der Waals surface area (Å²) in [5, 5.41) is 4.52. The first kappa shape index (κ1) is 21.3. The van der Waals surface area contributed by atoms with Crippen molar-refractivity contribution in [2.45, 2.75) is 32.1 Å².